The fourth-order valence-electron chi connectivity index (χ4n) is 1.78. The summed E-state index contributed by atoms with van der Waals surface area (Å²) in [4.78, 5) is 5.52. The Kier molecular flexibility index (Phi) is 4.78. The van der Waals surface area contributed by atoms with E-state index < -0.39 is 0 Å². The van der Waals surface area contributed by atoms with Gasteiger partial charge in [-0.05, 0) is 24.3 Å². The van der Waals surface area contributed by atoms with Crippen LogP contribution in [0.2, 0.25) is 0 Å². The van der Waals surface area contributed by atoms with Crippen molar-refractivity contribution in [3.05, 3.63) is 35.1 Å². The summed E-state index contributed by atoms with van der Waals surface area (Å²) in [6.07, 6.45) is 2.03. The molecule has 96 valence electrons. The first-order valence-corrected chi connectivity index (χ1v) is 7.98. The van der Waals surface area contributed by atoms with Crippen molar-refractivity contribution < 1.29 is 4.39 Å². The van der Waals surface area contributed by atoms with Crippen LogP contribution < -0.4 is 0 Å². The van der Waals surface area contributed by atoms with Gasteiger partial charge in [0.05, 0.1) is 11.3 Å². The van der Waals surface area contributed by atoms with Crippen LogP contribution in [0.5, 0.6) is 0 Å². The average molecular weight is 281 g/mol. The molecule has 2 aromatic rings. The second-order valence-electron chi connectivity index (χ2n) is 3.94. The monoisotopic (exact) mass is 281 g/mol. The average Bonchev–Trinajstić information content (AvgIpc) is 2.78. The summed E-state index contributed by atoms with van der Waals surface area (Å²) < 4.78 is 14.0. The maximum atomic E-state index is 14.0. The fourth-order valence-corrected chi connectivity index (χ4v) is 3.58. The topological polar surface area (TPSA) is 12.9 Å². The third-order valence-electron chi connectivity index (χ3n) is 2.55. The van der Waals surface area contributed by atoms with Gasteiger partial charge in [0.2, 0.25) is 0 Å². The lowest BCUT2D eigenvalue weighted by atomic mass is 10.2. The van der Waals surface area contributed by atoms with Gasteiger partial charge < -0.3 is 0 Å². The molecule has 1 aromatic heterocycles. The van der Waals surface area contributed by atoms with Gasteiger partial charge in [-0.15, -0.1) is 23.1 Å². The van der Waals surface area contributed by atoms with Crippen LogP contribution in [-0.2, 0) is 6.42 Å². The van der Waals surface area contributed by atoms with Crippen molar-refractivity contribution in [3.63, 3.8) is 0 Å². The highest BCUT2D eigenvalue weighted by molar-refractivity contribution is 7.99. The van der Waals surface area contributed by atoms with Crippen molar-refractivity contribution in [1.29, 1.82) is 0 Å². The molecule has 0 aliphatic rings. The number of hydrogen-bond acceptors (Lipinski definition) is 3. The predicted molar refractivity (Wildman–Crippen MR) is 77.9 cm³/mol. The third kappa shape index (κ3) is 2.93. The largest absolute Gasteiger partial charge is 0.241 e. The normalized spacial score (nSPS) is 10.8. The van der Waals surface area contributed by atoms with Crippen LogP contribution in [0.4, 0.5) is 4.39 Å². The van der Waals surface area contributed by atoms with Crippen LogP contribution in [0.1, 0.15) is 26.0 Å². The first-order valence-electron chi connectivity index (χ1n) is 6.12. The maximum absolute atomic E-state index is 14.0. The van der Waals surface area contributed by atoms with Crippen molar-refractivity contribution >= 4 is 23.1 Å². The molecule has 0 fully saturated rings. The summed E-state index contributed by atoms with van der Waals surface area (Å²) in [5, 5.41) is 2.83. The summed E-state index contributed by atoms with van der Waals surface area (Å²) in [5.74, 6) is 0.759. The quantitative estimate of drug-likeness (QED) is 0.714. The van der Waals surface area contributed by atoms with Gasteiger partial charge in [-0.1, -0.05) is 26.3 Å². The minimum atomic E-state index is -0.175. The molecule has 0 radical (unpaired) electrons. The molecular weight excluding hydrogens is 265 g/mol. The van der Waals surface area contributed by atoms with Crippen molar-refractivity contribution in [3.8, 4) is 10.6 Å². The number of thioether (sulfide) groups is 1. The van der Waals surface area contributed by atoms with Crippen molar-refractivity contribution in [1.82, 2.24) is 4.98 Å². The molecule has 4 heteroatoms. The number of hydrogen-bond donors (Lipinski definition) is 0. The Bertz CT molecular complexity index is 522. The maximum Gasteiger partial charge on any atom is 0.134 e. The summed E-state index contributed by atoms with van der Waals surface area (Å²) in [5.41, 5.74) is 1.73. The fraction of sp³-hybridized carbons (Fsp3) is 0.357. The van der Waals surface area contributed by atoms with Crippen LogP contribution in [0.15, 0.2) is 28.5 Å². The number of rotatable bonds is 5. The molecule has 18 heavy (non-hydrogen) atoms. The molecule has 2 rings (SSSR count). The first kappa shape index (κ1) is 13.6. The summed E-state index contributed by atoms with van der Waals surface area (Å²) in [7, 11) is 0. The summed E-state index contributed by atoms with van der Waals surface area (Å²) in [6.45, 7) is 4.20. The molecule has 0 atom stereocenters. The standard InChI is InChI=1S/C14H16FNS2/c1-3-6-10-9-18-14(16-10)13-11(15)7-5-8-12(13)17-4-2/h5,7-9H,3-4,6H2,1-2H3. The van der Waals surface area contributed by atoms with E-state index in [0.29, 0.717) is 5.56 Å². The zero-order valence-electron chi connectivity index (χ0n) is 10.6. The summed E-state index contributed by atoms with van der Waals surface area (Å²) in [6, 6.07) is 5.24. The van der Waals surface area contributed by atoms with Crippen LogP contribution in [0.3, 0.4) is 0 Å². The van der Waals surface area contributed by atoms with Crippen LogP contribution in [0.25, 0.3) is 10.6 Å². The van der Waals surface area contributed by atoms with E-state index in [4.69, 9.17) is 0 Å². The number of thiazole rings is 1. The van der Waals surface area contributed by atoms with E-state index in [-0.39, 0.29) is 5.82 Å². The Labute approximate surface area is 115 Å². The number of nitrogens with zero attached hydrogens (tertiary/aromatic N) is 1. The Hall–Kier alpha value is -0.870. The van der Waals surface area contributed by atoms with Gasteiger partial charge in [0, 0.05) is 10.3 Å². The first-order chi connectivity index (χ1) is 8.76. The third-order valence-corrected chi connectivity index (χ3v) is 4.40. The highest BCUT2D eigenvalue weighted by Gasteiger charge is 2.14. The predicted octanol–water partition coefficient (Wildman–Crippen LogP) is 5.01. The van der Waals surface area contributed by atoms with E-state index in [1.165, 1.54) is 17.4 Å². The zero-order chi connectivity index (χ0) is 13.0. The van der Waals surface area contributed by atoms with Crippen LogP contribution >= 0.6 is 23.1 Å². The van der Waals surface area contributed by atoms with E-state index in [2.05, 4.69) is 18.8 Å². The van der Waals surface area contributed by atoms with Gasteiger partial charge in [0.1, 0.15) is 10.8 Å². The second kappa shape index (κ2) is 6.34. The van der Waals surface area contributed by atoms with Crippen molar-refractivity contribution in [2.24, 2.45) is 0 Å². The van der Waals surface area contributed by atoms with Gasteiger partial charge in [-0.2, -0.15) is 0 Å². The van der Waals surface area contributed by atoms with Gasteiger partial charge in [0.25, 0.3) is 0 Å². The molecule has 1 aromatic carbocycles. The molecule has 0 spiro atoms. The molecule has 1 heterocycles. The van der Waals surface area contributed by atoms with Gasteiger partial charge in [-0.25, -0.2) is 9.37 Å². The molecule has 0 aliphatic heterocycles. The number of halogens is 1. The van der Waals surface area contributed by atoms with E-state index >= 15 is 0 Å². The van der Waals surface area contributed by atoms with E-state index in [1.807, 2.05) is 11.4 Å². The highest BCUT2D eigenvalue weighted by atomic mass is 32.2. The minimum absolute atomic E-state index is 0.175. The zero-order valence-corrected chi connectivity index (χ0v) is 12.2. The van der Waals surface area contributed by atoms with Crippen LogP contribution in [0, 0.1) is 5.82 Å². The molecule has 0 aliphatic carbocycles. The Morgan fingerprint density at radius 1 is 1.33 bits per heavy atom. The molecule has 0 N–H and O–H groups in total. The van der Waals surface area contributed by atoms with Gasteiger partial charge >= 0.3 is 0 Å². The van der Waals surface area contributed by atoms with Crippen molar-refractivity contribution in [2.45, 2.75) is 31.6 Å². The Morgan fingerprint density at radius 3 is 2.89 bits per heavy atom. The van der Waals surface area contributed by atoms with Crippen molar-refractivity contribution in [2.75, 3.05) is 5.75 Å². The molecule has 0 saturated carbocycles. The van der Waals surface area contributed by atoms with E-state index in [9.17, 15) is 4.39 Å². The summed E-state index contributed by atoms with van der Waals surface area (Å²) >= 11 is 3.19. The number of benzene rings is 1. The molecular formula is C14H16FNS2. The number of aryl methyl sites for hydroxylation is 1. The Balaban J connectivity index is 2.41. The lowest BCUT2D eigenvalue weighted by molar-refractivity contribution is 0.628. The smallest absolute Gasteiger partial charge is 0.134 e. The molecule has 0 saturated heterocycles. The minimum Gasteiger partial charge on any atom is -0.241 e. The molecule has 0 unspecified atom stereocenters. The van der Waals surface area contributed by atoms with E-state index in [0.717, 1.165) is 34.2 Å². The second-order valence-corrected chi connectivity index (χ2v) is 6.10. The SMILES string of the molecule is CCCc1csc(-c2c(F)cccc2SCC)n1. The Morgan fingerprint density at radius 2 is 2.17 bits per heavy atom. The highest BCUT2D eigenvalue weighted by Crippen LogP contribution is 2.35. The van der Waals surface area contributed by atoms with E-state index in [1.54, 1.807) is 17.8 Å². The van der Waals surface area contributed by atoms with Gasteiger partial charge in [-0.3, -0.25) is 0 Å². The lowest BCUT2D eigenvalue weighted by Crippen LogP contribution is -1.89. The molecule has 0 amide bonds. The van der Waals surface area contributed by atoms with Crippen LogP contribution in [-0.4, -0.2) is 10.7 Å². The lowest BCUT2D eigenvalue weighted by Gasteiger charge is -2.06. The molecule has 1 nitrogen and oxygen atoms in total. The van der Waals surface area contributed by atoms with Gasteiger partial charge in [0.15, 0.2) is 0 Å². The number of aromatic nitrogens is 1. The molecule has 0 bridgehead atoms.